The first-order chi connectivity index (χ1) is 25.7. The first-order valence-corrected chi connectivity index (χ1v) is 19.6. The maximum atomic E-state index is 14.9. The van der Waals surface area contributed by atoms with E-state index in [1.54, 1.807) is 97.1 Å². The summed E-state index contributed by atoms with van der Waals surface area (Å²) >= 11 is 0. The van der Waals surface area contributed by atoms with Crippen LogP contribution in [0.3, 0.4) is 0 Å². The number of hydrogen-bond donors (Lipinski definition) is 0. The smallest absolute Gasteiger partial charge is 0.318 e. The van der Waals surface area contributed by atoms with Crippen molar-refractivity contribution in [2.45, 2.75) is 59.3 Å². The molecular weight excluding hydrogens is 683 g/mol. The summed E-state index contributed by atoms with van der Waals surface area (Å²) in [5.41, 5.74) is 2.90. The van der Waals surface area contributed by atoms with Gasteiger partial charge in [-0.05, 0) is 85.5 Å². The standard InChI is InChI=1S/C44H43N2O6P/c1-4-6-7-14-19-41(45-52-32(3)47)42(48)34-22-26-38(27-23-34)46(37-24-20-33(5-2)21-25-37)39-28-30-40(31-29-39)53(51,43(49)35-15-10-8-11-16-35)44(50)36-17-12-9-13-18-36/h8-13,15-18,20-31H,4-7,14,19H2,1-3H3/b45-41+. The Labute approximate surface area is 310 Å². The highest BCUT2D eigenvalue weighted by Gasteiger charge is 2.42. The molecule has 0 aliphatic carbocycles. The monoisotopic (exact) mass is 726 g/mol. The van der Waals surface area contributed by atoms with E-state index < -0.39 is 24.2 Å². The Bertz CT molecular complexity index is 2060. The third-order valence-electron chi connectivity index (χ3n) is 8.89. The Hall–Kier alpha value is -5.72. The number of benzene rings is 5. The van der Waals surface area contributed by atoms with Crippen LogP contribution in [0.5, 0.6) is 0 Å². The summed E-state index contributed by atoms with van der Waals surface area (Å²) in [4.78, 5) is 59.8. The van der Waals surface area contributed by atoms with Crippen LogP contribution < -0.4 is 10.2 Å². The number of unbranched alkanes of at least 4 members (excludes halogenated alkanes) is 3. The predicted molar refractivity (Wildman–Crippen MR) is 212 cm³/mol. The number of aryl methyl sites for hydroxylation is 1. The average molecular weight is 727 g/mol. The normalized spacial score (nSPS) is 11.5. The molecule has 0 spiro atoms. The first-order valence-electron chi connectivity index (χ1n) is 17.9. The van der Waals surface area contributed by atoms with Gasteiger partial charge in [0, 0.05) is 46.0 Å². The van der Waals surface area contributed by atoms with Gasteiger partial charge in [-0.15, -0.1) is 0 Å². The molecule has 270 valence electrons. The van der Waals surface area contributed by atoms with Gasteiger partial charge in [-0.3, -0.25) is 14.4 Å². The van der Waals surface area contributed by atoms with Crippen LogP contribution in [-0.2, 0) is 20.6 Å². The molecule has 5 rings (SSSR count). The molecule has 8 nitrogen and oxygen atoms in total. The first kappa shape index (κ1) is 38.5. The average Bonchev–Trinajstić information content (AvgIpc) is 3.21. The van der Waals surface area contributed by atoms with Crippen molar-refractivity contribution < 1.29 is 28.6 Å². The van der Waals surface area contributed by atoms with E-state index in [9.17, 15) is 23.7 Å². The van der Waals surface area contributed by atoms with E-state index in [1.165, 1.54) is 6.92 Å². The van der Waals surface area contributed by atoms with Gasteiger partial charge in [0.05, 0.1) is 0 Å². The molecule has 0 heterocycles. The zero-order chi connectivity index (χ0) is 37.8. The lowest BCUT2D eigenvalue weighted by molar-refractivity contribution is -0.140. The molecule has 0 fully saturated rings. The van der Waals surface area contributed by atoms with Crippen molar-refractivity contribution in [2.24, 2.45) is 5.16 Å². The number of Topliss-reactive ketones (excluding diaryl/α,β-unsaturated/α-hetero) is 1. The molecular formula is C44H43N2O6P. The van der Waals surface area contributed by atoms with Gasteiger partial charge >= 0.3 is 5.97 Å². The molecule has 0 atom stereocenters. The third-order valence-corrected chi connectivity index (χ3v) is 11.6. The second-order valence-corrected chi connectivity index (χ2v) is 15.2. The highest BCUT2D eigenvalue weighted by molar-refractivity contribution is 8.01. The summed E-state index contributed by atoms with van der Waals surface area (Å²) < 4.78 is 14.9. The Morgan fingerprint density at radius 3 is 1.57 bits per heavy atom. The summed E-state index contributed by atoms with van der Waals surface area (Å²) in [6.07, 6.45) is 5.01. The van der Waals surface area contributed by atoms with Gasteiger partial charge in [0.2, 0.25) is 24.0 Å². The van der Waals surface area contributed by atoms with Crippen molar-refractivity contribution in [2.75, 3.05) is 4.90 Å². The Morgan fingerprint density at radius 1 is 0.604 bits per heavy atom. The lowest BCUT2D eigenvalue weighted by Gasteiger charge is -2.26. The Morgan fingerprint density at radius 2 is 1.09 bits per heavy atom. The van der Waals surface area contributed by atoms with Crippen LogP contribution in [0.4, 0.5) is 17.1 Å². The lowest BCUT2D eigenvalue weighted by Crippen LogP contribution is -2.21. The third kappa shape index (κ3) is 9.21. The van der Waals surface area contributed by atoms with E-state index in [4.69, 9.17) is 4.84 Å². The van der Waals surface area contributed by atoms with Gasteiger partial charge in [0.1, 0.15) is 5.71 Å². The van der Waals surface area contributed by atoms with Gasteiger partial charge in [0.15, 0.2) is 0 Å². The summed E-state index contributed by atoms with van der Waals surface area (Å²) in [7, 11) is -4.33. The number of anilines is 3. The maximum Gasteiger partial charge on any atom is 0.331 e. The number of carbonyl (C=O) groups excluding carboxylic acids is 4. The van der Waals surface area contributed by atoms with E-state index in [0.717, 1.165) is 49.0 Å². The van der Waals surface area contributed by atoms with Crippen LogP contribution >= 0.6 is 7.14 Å². The van der Waals surface area contributed by atoms with Gasteiger partial charge in [-0.1, -0.05) is 111 Å². The molecule has 0 unspecified atom stereocenters. The topological polar surface area (TPSA) is 110 Å². The summed E-state index contributed by atoms with van der Waals surface area (Å²) in [5.74, 6) is -0.917. The fraction of sp³-hybridized carbons (Fsp3) is 0.205. The minimum Gasteiger partial charge on any atom is -0.318 e. The molecule has 0 amide bonds. The van der Waals surface area contributed by atoms with Gasteiger partial charge < -0.3 is 14.3 Å². The quantitative estimate of drug-likeness (QED) is 0.0234. The van der Waals surface area contributed by atoms with E-state index in [2.05, 4.69) is 19.0 Å². The predicted octanol–water partition coefficient (Wildman–Crippen LogP) is 10.5. The minimum atomic E-state index is -4.33. The Balaban J connectivity index is 1.53. The van der Waals surface area contributed by atoms with Crippen molar-refractivity contribution in [3.8, 4) is 0 Å². The fourth-order valence-corrected chi connectivity index (χ4v) is 8.21. The van der Waals surface area contributed by atoms with Gasteiger partial charge in [0.25, 0.3) is 0 Å². The van der Waals surface area contributed by atoms with Crippen molar-refractivity contribution in [3.63, 3.8) is 0 Å². The molecule has 9 heteroatoms. The zero-order valence-electron chi connectivity index (χ0n) is 30.2. The van der Waals surface area contributed by atoms with Crippen LogP contribution in [-0.4, -0.2) is 28.5 Å². The lowest BCUT2D eigenvalue weighted by atomic mass is 10.0. The van der Waals surface area contributed by atoms with E-state index in [1.807, 2.05) is 41.3 Å². The fourth-order valence-electron chi connectivity index (χ4n) is 5.96. The molecule has 0 N–H and O–H groups in total. The largest absolute Gasteiger partial charge is 0.331 e. The number of nitrogens with zero attached hydrogens (tertiary/aromatic N) is 2. The summed E-state index contributed by atoms with van der Waals surface area (Å²) in [5, 5.41) is 4.02. The number of ketones is 1. The number of rotatable bonds is 17. The summed E-state index contributed by atoms with van der Waals surface area (Å²) in [6.45, 7) is 5.43. The van der Waals surface area contributed by atoms with Crippen LogP contribution in [0.25, 0.3) is 0 Å². The van der Waals surface area contributed by atoms with E-state index >= 15 is 0 Å². The molecule has 5 aromatic carbocycles. The number of oxime groups is 1. The highest BCUT2D eigenvalue weighted by atomic mass is 31.2. The number of hydrogen-bond acceptors (Lipinski definition) is 8. The van der Waals surface area contributed by atoms with Crippen molar-refractivity contribution in [1.29, 1.82) is 0 Å². The van der Waals surface area contributed by atoms with Crippen LogP contribution in [0.15, 0.2) is 139 Å². The van der Waals surface area contributed by atoms with Gasteiger partial charge in [-0.25, -0.2) is 4.79 Å². The van der Waals surface area contributed by atoms with E-state index in [0.29, 0.717) is 17.7 Å². The molecule has 0 saturated heterocycles. The van der Waals surface area contributed by atoms with Crippen molar-refractivity contribution in [1.82, 2.24) is 0 Å². The molecule has 0 aromatic heterocycles. The molecule has 0 bridgehead atoms. The molecule has 0 aliphatic heterocycles. The SMILES string of the molecule is CCCCCC/C(=N\OC(C)=O)C(=O)c1ccc(N(c2ccc(CC)cc2)c2ccc(P(=O)(C(=O)c3ccccc3)C(=O)c3ccccc3)cc2)cc1. The summed E-state index contributed by atoms with van der Waals surface area (Å²) in [6, 6.07) is 38.2. The molecule has 0 aliphatic rings. The molecule has 53 heavy (non-hydrogen) atoms. The number of carbonyl (C=O) groups is 4. The maximum absolute atomic E-state index is 14.9. The van der Waals surface area contributed by atoms with Crippen molar-refractivity contribution >= 4 is 58.0 Å². The van der Waals surface area contributed by atoms with Gasteiger partial charge in [-0.2, -0.15) is 0 Å². The molecule has 5 aromatic rings. The molecule has 0 saturated carbocycles. The van der Waals surface area contributed by atoms with Crippen LogP contribution in [0.2, 0.25) is 0 Å². The minimum absolute atomic E-state index is 0.129. The zero-order valence-corrected chi connectivity index (χ0v) is 31.1. The second-order valence-electron chi connectivity index (χ2n) is 12.6. The van der Waals surface area contributed by atoms with Crippen molar-refractivity contribution in [3.05, 3.63) is 156 Å². The van der Waals surface area contributed by atoms with Crippen LogP contribution in [0, 0.1) is 0 Å². The second kappa shape index (κ2) is 18.2. The Kier molecular flexibility index (Phi) is 13.2. The van der Waals surface area contributed by atoms with Crippen LogP contribution in [0.1, 0.15) is 89.5 Å². The van der Waals surface area contributed by atoms with E-state index in [-0.39, 0.29) is 27.9 Å². The highest BCUT2D eigenvalue weighted by Crippen LogP contribution is 2.51. The molecule has 0 radical (unpaired) electrons.